The van der Waals surface area contributed by atoms with Gasteiger partial charge in [0.15, 0.2) is 6.29 Å². The van der Waals surface area contributed by atoms with E-state index in [1.54, 1.807) is 12.3 Å². The second-order valence-corrected chi connectivity index (χ2v) is 3.46. The van der Waals surface area contributed by atoms with E-state index in [2.05, 4.69) is 11.1 Å². The van der Waals surface area contributed by atoms with Crippen LogP contribution in [0.15, 0.2) is 42.6 Å². The van der Waals surface area contributed by atoms with Gasteiger partial charge in [-0.15, -0.1) is 0 Å². The molecule has 0 unspecified atom stereocenters. The van der Waals surface area contributed by atoms with E-state index in [1.165, 1.54) is 5.56 Å². The zero-order valence-electron chi connectivity index (χ0n) is 8.47. The van der Waals surface area contributed by atoms with Crippen molar-refractivity contribution in [3.05, 3.63) is 53.7 Å². The van der Waals surface area contributed by atoms with Gasteiger partial charge in [-0.3, -0.25) is 9.78 Å². The third-order valence-corrected chi connectivity index (χ3v) is 2.24. The lowest BCUT2D eigenvalue weighted by Crippen LogP contribution is -1.86. The number of carbonyl (C=O) groups is 1. The van der Waals surface area contributed by atoms with Crippen molar-refractivity contribution in [3.63, 3.8) is 0 Å². The van der Waals surface area contributed by atoms with Gasteiger partial charge in [0.25, 0.3) is 0 Å². The summed E-state index contributed by atoms with van der Waals surface area (Å²) in [6.07, 6.45) is 2.39. The topological polar surface area (TPSA) is 30.0 Å². The number of aromatic nitrogens is 1. The maximum absolute atomic E-state index is 10.5. The van der Waals surface area contributed by atoms with Crippen molar-refractivity contribution in [1.29, 1.82) is 0 Å². The van der Waals surface area contributed by atoms with Gasteiger partial charge < -0.3 is 0 Å². The van der Waals surface area contributed by atoms with E-state index in [-0.39, 0.29) is 0 Å². The van der Waals surface area contributed by atoms with Gasteiger partial charge in [-0.2, -0.15) is 0 Å². The smallest absolute Gasteiger partial charge is 0.151 e. The molecule has 0 aliphatic heterocycles. The predicted molar refractivity (Wildman–Crippen MR) is 59.8 cm³/mol. The quantitative estimate of drug-likeness (QED) is 0.693. The van der Waals surface area contributed by atoms with Gasteiger partial charge in [0.05, 0.1) is 5.69 Å². The summed E-state index contributed by atoms with van der Waals surface area (Å²) in [6.45, 7) is 2.04. The first kappa shape index (κ1) is 9.59. The zero-order valence-corrected chi connectivity index (χ0v) is 8.47. The lowest BCUT2D eigenvalue weighted by Gasteiger charge is -2.01. The summed E-state index contributed by atoms with van der Waals surface area (Å²) in [4.78, 5) is 14.7. The fraction of sp³-hybridized carbons (Fsp3) is 0.0769. The van der Waals surface area contributed by atoms with Crippen LogP contribution in [0.4, 0.5) is 0 Å². The molecule has 1 aromatic heterocycles. The molecule has 0 atom stereocenters. The van der Waals surface area contributed by atoms with Gasteiger partial charge in [0, 0.05) is 17.3 Å². The number of hydrogen-bond donors (Lipinski definition) is 0. The number of aryl methyl sites for hydroxylation is 1. The molecule has 1 heterocycles. The predicted octanol–water partition coefficient (Wildman–Crippen LogP) is 2.87. The van der Waals surface area contributed by atoms with Gasteiger partial charge in [-0.1, -0.05) is 23.8 Å². The maximum atomic E-state index is 10.5. The highest BCUT2D eigenvalue weighted by Crippen LogP contribution is 2.17. The lowest BCUT2D eigenvalue weighted by molar-refractivity contribution is 0.112. The number of pyridine rings is 1. The number of hydrogen-bond acceptors (Lipinski definition) is 2. The van der Waals surface area contributed by atoms with Crippen molar-refractivity contribution in [2.75, 3.05) is 0 Å². The molecule has 0 N–H and O–H groups in total. The number of benzene rings is 1. The third kappa shape index (κ3) is 2.10. The van der Waals surface area contributed by atoms with Crippen LogP contribution in [0.3, 0.4) is 0 Å². The van der Waals surface area contributed by atoms with Crippen molar-refractivity contribution in [2.45, 2.75) is 6.92 Å². The Hall–Kier alpha value is -1.96. The number of nitrogens with zero attached hydrogens (tertiary/aromatic N) is 1. The van der Waals surface area contributed by atoms with Crippen LogP contribution < -0.4 is 0 Å². The summed E-state index contributed by atoms with van der Waals surface area (Å²) in [5.41, 5.74) is 3.77. The minimum atomic E-state index is 0.603. The summed E-state index contributed by atoms with van der Waals surface area (Å²) in [6, 6.07) is 11.8. The molecule has 0 fully saturated rings. The minimum absolute atomic E-state index is 0.603. The Morgan fingerprint density at radius 2 is 2.07 bits per heavy atom. The average Bonchev–Trinajstić information content (AvgIpc) is 2.29. The summed E-state index contributed by atoms with van der Waals surface area (Å²) >= 11 is 0. The lowest BCUT2D eigenvalue weighted by atomic mass is 10.1. The van der Waals surface area contributed by atoms with Crippen LogP contribution in [0.5, 0.6) is 0 Å². The molecule has 0 saturated carbocycles. The van der Waals surface area contributed by atoms with Crippen molar-refractivity contribution < 1.29 is 4.79 Å². The van der Waals surface area contributed by atoms with Gasteiger partial charge >= 0.3 is 0 Å². The molecule has 2 aromatic rings. The van der Waals surface area contributed by atoms with Crippen LogP contribution >= 0.6 is 0 Å². The van der Waals surface area contributed by atoms with E-state index in [4.69, 9.17) is 0 Å². The minimum Gasteiger partial charge on any atom is -0.298 e. The number of rotatable bonds is 2. The Kier molecular flexibility index (Phi) is 2.59. The Balaban J connectivity index is 2.41. The first-order chi connectivity index (χ1) is 7.29. The first-order valence-electron chi connectivity index (χ1n) is 4.78. The van der Waals surface area contributed by atoms with Crippen LogP contribution in [-0.4, -0.2) is 11.3 Å². The van der Waals surface area contributed by atoms with E-state index >= 15 is 0 Å². The summed E-state index contributed by atoms with van der Waals surface area (Å²) < 4.78 is 0. The Bertz CT molecular complexity index is 474. The molecule has 0 aliphatic carbocycles. The van der Waals surface area contributed by atoms with Crippen LogP contribution in [0.1, 0.15) is 15.9 Å². The molecule has 0 amide bonds. The maximum Gasteiger partial charge on any atom is 0.151 e. The molecule has 2 rings (SSSR count). The molecule has 2 heteroatoms. The van der Waals surface area contributed by atoms with Crippen LogP contribution in [0.2, 0.25) is 0 Å². The number of carbonyl (C=O) groups excluding carboxylic acids is 1. The zero-order chi connectivity index (χ0) is 10.7. The summed E-state index contributed by atoms with van der Waals surface area (Å²) in [7, 11) is 0. The van der Waals surface area contributed by atoms with E-state index in [0.29, 0.717) is 5.56 Å². The van der Waals surface area contributed by atoms with Crippen LogP contribution in [-0.2, 0) is 0 Å². The van der Waals surface area contributed by atoms with Gasteiger partial charge in [-0.05, 0) is 25.1 Å². The molecule has 0 radical (unpaired) electrons. The van der Waals surface area contributed by atoms with Crippen molar-refractivity contribution >= 4 is 6.29 Å². The molecule has 0 spiro atoms. The van der Waals surface area contributed by atoms with Crippen LogP contribution in [0, 0.1) is 6.92 Å². The van der Waals surface area contributed by atoms with Crippen LogP contribution in [0.25, 0.3) is 11.3 Å². The van der Waals surface area contributed by atoms with Crippen molar-refractivity contribution in [3.8, 4) is 11.3 Å². The van der Waals surface area contributed by atoms with E-state index in [1.807, 2.05) is 31.2 Å². The molecule has 15 heavy (non-hydrogen) atoms. The van der Waals surface area contributed by atoms with Crippen molar-refractivity contribution in [2.24, 2.45) is 0 Å². The molecular weight excluding hydrogens is 186 g/mol. The fourth-order valence-electron chi connectivity index (χ4n) is 1.45. The molecule has 74 valence electrons. The van der Waals surface area contributed by atoms with E-state index in [9.17, 15) is 4.79 Å². The molecule has 0 saturated heterocycles. The van der Waals surface area contributed by atoms with E-state index < -0.39 is 0 Å². The largest absolute Gasteiger partial charge is 0.298 e. The SMILES string of the molecule is Cc1cccc(-c2ccc(C=O)cn2)c1. The Morgan fingerprint density at radius 1 is 1.20 bits per heavy atom. The highest BCUT2D eigenvalue weighted by Gasteiger charge is 1.98. The standard InChI is InChI=1S/C13H11NO/c1-10-3-2-4-12(7-10)13-6-5-11(9-15)8-14-13/h2-9H,1H3. The van der Waals surface area contributed by atoms with Gasteiger partial charge in [0.2, 0.25) is 0 Å². The highest BCUT2D eigenvalue weighted by atomic mass is 16.1. The Labute approximate surface area is 88.6 Å². The highest BCUT2D eigenvalue weighted by molar-refractivity contribution is 5.75. The summed E-state index contributed by atoms with van der Waals surface area (Å²) in [5.74, 6) is 0. The van der Waals surface area contributed by atoms with Gasteiger partial charge in [-0.25, -0.2) is 0 Å². The molecule has 2 nitrogen and oxygen atoms in total. The van der Waals surface area contributed by atoms with Gasteiger partial charge in [0.1, 0.15) is 0 Å². The third-order valence-electron chi connectivity index (χ3n) is 2.24. The Morgan fingerprint density at radius 3 is 2.67 bits per heavy atom. The molecule has 0 aliphatic rings. The molecule has 0 bridgehead atoms. The van der Waals surface area contributed by atoms with Crippen molar-refractivity contribution in [1.82, 2.24) is 4.98 Å². The van der Waals surface area contributed by atoms with E-state index in [0.717, 1.165) is 17.5 Å². The second kappa shape index (κ2) is 4.05. The fourth-order valence-corrected chi connectivity index (χ4v) is 1.45. The second-order valence-electron chi connectivity index (χ2n) is 3.46. The molecular formula is C13H11NO. The summed E-state index contributed by atoms with van der Waals surface area (Å²) in [5, 5.41) is 0. The number of aldehydes is 1. The average molecular weight is 197 g/mol. The first-order valence-corrected chi connectivity index (χ1v) is 4.78. The molecule has 1 aromatic carbocycles. The monoisotopic (exact) mass is 197 g/mol. The normalized spacial score (nSPS) is 9.93.